The zero-order chi connectivity index (χ0) is 16.7. The molecular weight excluding hydrogens is 344 g/mol. The maximum absolute atomic E-state index is 12.8. The minimum atomic E-state index is -0.136. The molecule has 1 aliphatic rings. The van der Waals surface area contributed by atoms with Crippen LogP contribution in [0.3, 0.4) is 0 Å². The molecule has 0 atom stereocenters. The molecule has 8 heteroatoms. The first-order valence-corrected chi connectivity index (χ1v) is 9.14. The Bertz CT molecular complexity index is 914. The number of carbonyl (C=O) groups excluding carboxylic acids is 2. The van der Waals surface area contributed by atoms with Gasteiger partial charge in [0.1, 0.15) is 0 Å². The van der Waals surface area contributed by atoms with Crippen LogP contribution in [0.25, 0.3) is 10.2 Å². The highest BCUT2D eigenvalue weighted by Crippen LogP contribution is 2.30. The normalized spacial score (nSPS) is 13.8. The molecule has 6 nitrogen and oxygen atoms in total. The van der Waals surface area contributed by atoms with Crippen molar-refractivity contribution in [1.82, 2.24) is 14.9 Å². The first-order valence-electron chi connectivity index (χ1n) is 7.51. The summed E-state index contributed by atoms with van der Waals surface area (Å²) < 4.78 is 1.02. The van der Waals surface area contributed by atoms with Gasteiger partial charge in [-0.25, -0.2) is 9.97 Å². The van der Waals surface area contributed by atoms with E-state index in [2.05, 4.69) is 15.3 Å². The van der Waals surface area contributed by atoms with Crippen LogP contribution < -0.4 is 5.32 Å². The topological polar surface area (TPSA) is 75.2 Å². The molecule has 4 rings (SSSR count). The minimum absolute atomic E-state index is 0.0451. The second-order valence-corrected chi connectivity index (χ2v) is 7.65. The molecule has 1 N–H and O–H groups in total. The maximum atomic E-state index is 12.8. The van der Waals surface area contributed by atoms with Crippen molar-refractivity contribution in [2.75, 3.05) is 11.9 Å². The van der Waals surface area contributed by atoms with E-state index in [1.165, 1.54) is 29.6 Å². The molecular formula is C16H14N4O2S2. The van der Waals surface area contributed by atoms with E-state index in [0.29, 0.717) is 29.6 Å². The molecule has 0 saturated carbocycles. The monoisotopic (exact) mass is 358 g/mol. The van der Waals surface area contributed by atoms with Crippen LogP contribution in [0, 0.1) is 0 Å². The number of fused-ring (bicyclic) bond motifs is 2. The second kappa shape index (κ2) is 5.95. The lowest BCUT2D eigenvalue weighted by Gasteiger charge is -2.25. The van der Waals surface area contributed by atoms with E-state index in [4.69, 9.17) is 0 Å². The highest BCUT2D eigenvalue weighted by atomic mass is 32.1. The van der Waals surface area contributed by atoms with Crippen molar-refractivity contribution in [2.24, 2.45) is 0 Å². The quantitative estimate of drug-likeness (QED) is 0.764. The lowest BCUT2D eigenvalue weighted by molar-refractivity contribution is -0.114. The van der Waals surface area contributed by atoms with Gasteiger partial charge in [0.2, 0.25) is 5.91 Å². The average Bonchev–Trinajstić information content (AvgIpc) is 3.15. The van der Waals surface area contributed by atoms with Gasteiger partial charge in [0, 0.05) is 24.8 Å². The summed E-state index contributed by atoms with van der Waals surface area (Å²) in [5, 5.41) is 3.83. The van der Waals surface area contributed by atoms with E-state index in [0.717, 1.165) is 20.8 Å². The van der Waals surface area contributed by atoms with Crippen LogP contribution in [-0.4, -0.2) is 33.2 Å². The fourth-order valence-corrected chi connectivity index (χ4v) is 4.68. The van der Waals surface area contributed by atoms with E-state index in [-0.39, 0.29) is 11.8 Å². The average molecular weight is 358 g/mol. The van der Waals surface area contributed by atoms with Crippen LogP contribution in [0.5, 0.6) is 0 Å². The van der Waals surface area contributed by atoms with Crippen LogP contribution in [0.2, 0.25) is 0 Å². The van der Waals surface area contributed by atoms with Crippen LogP contribution in [-0.2, 0) is 17.8 Å². The molecule has 0 bridgehead atoms. The Hall–Kier alpha value is -2.32. The standard InChI is InChI=1S/C16H14N4O2S2/c1-9(21)17-16-19-11-6-7-20(8-13(11)24-16)15(22)14-18-10-4-2-3-5-12(10)23-14/h2-5H,6-8H2,1H3,(H,17,19,21). The predicted molar refractivity (Wildman–Crippen MR) is 94.5 cm³/mol. The van der Waals surface area contributed by atoms with Crippen molar-refractivity contribution in [3.05, 3.63) is 39.8 Å². The van der Waals surface area contributed by atoms with Crippen molar-refractivity contribution in [1.29, 1.82) is 0 Å². The summed E-state index contributed by atoms with van der Waals surface area (Å²) in [6.45, 7) is 2.59. The number of anilines is 1. The summed E-state index contributed by atoms with van der Waals surface area (Å²) in [6, 6.07) is 7.76. The molecule has 1 aromatic carbocycles. The Morgan fingerprint density at radius 3 is 2.83 bits per heavy atom. The molecule has 0 saturated heterocycles. The largest absolute Gasteiger partial charge is 0.331 e. The van der Waals surface area contributed by atoms with Crippen molar-refractivity contribution >= 4 is 49.8 Å². The SMILES string of the molecule is CC(=O)Nc1nc2c(s1)CN(C(=O)c1nc3ccccc3s1)CC2. The number of amides is 2. The molecule has 0 aliphatic carbocycles. The van der Waals surface area contributed by atoms with Gasteiger partial charge in [0.25, 0.3) is 5.91 Å². The van der Waals surface area contributed by atoms with Gasteiger partial charge in [-0.3, -0.25) is 9.59 Å². The third-order valence-electron chi connectivity index (χ3n) is 3.78. The van der Waals surface area contributed by atoms with E-state index in [9.17, 15) is 9.59 Å². The first-order chi connectivity index (χ1) is 11.6. The summed E-state index contributed by atoms with van der Waals surface area (Å²) >= 11 is 2.85. The second-order valence-electron chi connectivity index (χ2n) is 5.53. The van der Waals surface area contributed by atoms with Gasteiger partial charge in [0.05, 0.1) is 22.5 Å². The molecule has 0 spiro atoms. The van der Waals surface area contributed by atoms with E-state index in [1.807, 2.05) is 24.3 Å². The van der Waals surface area contributed by atoms with E-state index in [1.54, 1.807) is 4.90 Å². The van der Waals surface area contributed by atoms with E-state index >= 15 is 0 Å². The number of aromatic nitrogens is 2. The summed E-state index contributed by atoms with van der Waals surface area (Å²) in [5.41, 5.74) is 1.83. The summed E-state index contributed by atoms with van der Waals surface area (Å²) in [4.78, 5) is 35.6. The van der Waals surface area contributed by atoms with Gasteiger partial charge >= 0.3 is 0 Å². The maximum Gasteiger partial charge on any atom is 0.283 e. The molecule has 3 heterocycles. The van der Waals surface area contributed by atoms with E-state index < -0.39 is 0 Å². The molecule has 1 aliphatic heterocycles. The fraction of sp³-hybridized carbons (Fsp3) is 0.250. The number of thiazole rings is 2. The summed E-state index contributed by atoms with van der Waals surface area (Å²) in [7, 11) is 0. The molecule has 0 unspecified atom stereocenters. The Kier molecular flexibility index (Phi) is 3.78. The Labute approximate surface area is 146 Å². The third-order valence-corrected chi connectivity index (χ3v) is 5.80. The van der Waals surface area contributed by atoms with Gasteiger partial charge in [-0.05, 0) is 12.1 Å². The highest BCUT2D eigenvalue weighted by Gasteiger charge is 2.26. The Morgan fingerprint density at radius 2 is 2.04 bits per heavy atom. The van der Waals surface area contributed by atoms with Crippen molar-refractivity contribution < 1.29 is 9.59 Å². The van der Waals surface area contributed by atoms with Crippen LogP contribution in [0.1, 0.15) is 27.3 Å². The highest BCUT2D eigenvalue weighted by molar-refractivity contribution is 7.20. The number of rotatable bonds is 2. The molecule has 2 aromatic heterocycles. The lowest BCUT2D eigenvalue weighted by atomic mass is 10.2. The predicted octanol–water partition coefficient (Wildman–Crippen LogP) is 2.91. The smallest absolute Gasteiger partial charge is 0.283 e. The summed E-state index contributed by atoms with van der Waals surface area (Å²) in [5.74, 6) is -0.181. The zero-order valence-corrected chi connectivity index (χ0v) is 14.5. The number of nitrogens with zero attached hydrogens (tertiary/aromatic N) is 3. The van der Waals surface area contributed by atoms with Gasteiger partial charge in [-0.15, -0.1) is 11.3 Å². The zero-order valence-electron chi connectivity index (χ0n) is 12.9. The molecule has 24 heavy (non-hydrogen) atoms. The van der Waals surface area contributed by atoms with Gasteiger partial charge in [0.15, 0.2) is 10.1 Å². The molecule has 3 aromatic rings. The van der Waals surface area contributed by atoms with Crippen LogP contribution in [0.4, 0.5) is 5.13 Å². The Balaban J connectivity index is 1.56. The van der Waals surface area contributed by atoms with Crippen LogP contribution >= 0.6 is 22.7 Å². The molecule has 2 amide bonds. The molecule has 0 radical (unpaired) electrons. The van der Waals surface area contributed by atoms with Crippen molar-refractivity contribution in [3.8, 4) is 0 Å². The number of para-hydroxylation sites is 1. The lowest BCUT2D eigenvalue weighted by Crippen LogP contribution is -2.35. The number of hydrogen-bond acceptors (Lipinski definition) is 6. The van der Waals surface area contributed by atoms with Crippen molar-refractivity contribution in [2.45, 2.75) is 19.9 Å². The number of benzene rings is 1. The number of nitrogens with one attached hydrogen (secondary N) is 1. The van der Waals surface area contributed by atoms with Gasteiger partial charge in [-0.2, -0.15) is 0 Å². The molecule has 0 fully saturated rings. The minimum Gasteiger partial charge on any atom is -0.331 e. The molecule has 122 valence electrons. The van der Waals surface area contributed by atoms with Crippen LogP contribution in [0.15, 0.2) is 24.3 Å². The Morgan fingerprint density at radius 1 is 1.21 bits per heavy atom. The van der Waals surface area contributed by atoms with Gasteiger partial charge in [-0.1, -0.05) is 23.5 Å². The van der Waals surface area contributed by atoms with Crippen molar-refractivity contribution in [3.63, 3.8) is 0 Å². The fourth-order valence-electron chi connectivity index (χ4n) is 2.67. The third kappa shape index (κ3) is 2.78. The first kappa shape index (κ1) is 15.2. The number of hydrogen-bond donors (Lipinski definition) is 1. The van der Waals surface area contributed by atoms with Gasteiger partial charge < -0.3 is 10.2 Å². The number of carbonyl (C=O) groups is 2. The summed E-state index contributed by atoms with van der Waals surface area (Å²) in [6.07, 6.45) is 0.696.